The van der Waals surface area contributed by atoms with Gasteiger partial charge in [0.1, 0.15) is 6.10 Å². The van der Waals surface area contributed by atoms with Crippen LogP contribution < -0.4 is 0 Å². The van der Waals surface area contributed by atoms with Crippen molar-refractivity contribution in [1.82, 2.24) is 0 Å². The maximum Gasteiger partial charge on any atom is 0.209 e. The first-order chi connectivity index (χ1) is 7.52. The number of thiol groups is 1. The quantitative estimate of drug-likeness (QED) is 0.200. The minimum Gasteiger partial charge on any atom is -0.394 e. The van der Waals surface area contributed by atoms with Crippen LogP contribution in [0.25, 0.3) is 0 Å². The molecule has 0 spiro atoms. The predicted molar refractivity (Wildman–Crippen MR) is 60.1 cm³/mol. The molecule has 6 nitrogen and oxygen atoms in total. The highest BCUT2D eigenvalue weighted by atomic mass is 32.1. The maximum atomic E-state index is 9.20. The van der Waals surface area contributed by atoms with Gasteiger partial charge in [-0.15, -0.1) is 0 Å². The van der Waals surface area contributed by atoms with Crippen LogP contribution in [0, 0.1) is 0 Å². The van der Waals surface area contributed by atoms with Gasteiger partial charge in [0.2, 0.25) is 12.6 Å². The van der Waals surface area contributed by atoms with E-state index in [2.05, 4.69) is 12.6 Å². The SMILES string of the molecule is C[C@@H](O)C(CO)OC(OCCCS)C(O)O. The van der Waals surface area contributed by atoms with E-state index >= 15 is 0 Å². The summed E-state index contributed by atoms with van der Waals surface area (Å²) in [6.07, 6.45) is -4.32. The highest BCUT2D eigenvalue weighted by molar-refractivity contribution is 7.80. The van der Waals surface area contributed by atoms with Gasteiger partial charge in [-0.2, -0.15) is 12.6 Å². The molecule has 0 saturated carbocycles. The Kier molecular flexibility index (Phi) is 9.24. The number of rotatable bonds is 9. The smallest absolute Gasteiger partial charge is 0.209 e. The van der Waals surface area contributed by atoms with Crippen molar-refractivity contribution in [1.29, 1.82) is 0 Å². The third-order valence-corrected chi connectivity index (χ3v) is 2.17. The molecule has 0 aromatic carbocycles. The first-order valence-corrected chi connectivity index (χ1v) is 5.69. The summed E-state index contributed by atoms with van der Waals surface area (Å²) >= 11 is 3.97. The van der Waals surface area contributed by atoms with Gasteiger partial charge in [0.05, 0.1) is 19.3 Å². The molecule has 4 N–H and O–H groups in total. The lowest BCUT2D eigenvalue weighted by molar-refractivity contribution is -0.280. The first kappa shape index (κ1) is 16.1. The largest absolute Gasteiger partial charge is 0.394 e. The zero-order chi connectivity index (χ0) is 12.6. The second kappa shape index (κ2) is 9.17. The van der Waals surface area contributed by atoms with Gasteiger partial charge in [0.15, 0.2) is 0 Å². The van der Waals surface area contributed by atoms with E-state index in [0.29, 0.717) is 12.2 Å². The molecule has 2 unspecified atom stereocenters. The summed E-state index contributed by atoms with van der Waals surface area (Å²) in [6, 6.07) is 0. The summed E-state index contributed by atoms with van der Waals surface area (Å²) in [5.74, 6) is 0.605. The van der Waals surface area contributed by atoms with E-state index in [9.17, 15) is 5.11 Å². The van der Waals surface area contributed by atoms with Crippen LogP contribution in [0.15, 0.2) is 0 Å². The van der Waals surface area contributed by atoms with Gasteiger partial charge in [-0.05, 0) is 19.1 Å². The van der Waals surface area contributed by atoms with Crippen molar-refractivity contribution in [2.24, 2.45) is 0 Å². The molecule has 0 aliphatic heterocycles. The molecule has 16 heavy (non-hydrogen) atoms. The number of aliphatic hydroxyl groups excluding tert-OH is 3. The summed E-state index contributed by atoms with van der Waals surface area (Å²) in [5, 5.41) is 36.0. The van der Waals surface area contributed by atoms with Gasteiger partial charge in [-0.1, -0.05) is 0 Å². The van der Waals surface area contributed by atoms with Crippen LogP contribution in [0.5, 0.6) is 0 Å². The van der Waals surface area contributed by atoms with Crippen LogP contribution in [-0.2, 0) is 9.47 Å². The summed E-state index contributed by atoms with van der Waals surface area (Å²) < 4.78 is 10.1. The van der Waals surface area contributed by atoms with Crippen molar-refractivity contribution in [2.45, 2.75) is 38.1 Å². The van der Waals surface area contributed by atoms with Crippen molar-refractivity contribution < 1.29 is 29.9 Å². The van der Waals surface area contributed by atoms with Crippen LogP contribution in [0.1, 0.15) is 13.3 Å². The lowest BCUT2D eigenvalue weighted by Gasteiger charge is -2.26. The molecular weight excluding hydrogens is 236 g/mol. The van der Waals surface area contributed by atoms with E-state index in [4.69, 9.17) is 24.8 Å². The first-order valence-electron chi connectivity index (χ1n) is 5.06. The Morgan fingerprint density at radius 1 is 1.25 bits per heavy atom. The number of hydrogen-bond acceptors (Lipinski definition) is 7. The standard InChI is InChI=1S/C9H20O6S/c1-6(11)7(5-10)15-9(8(12)13)14-3-2-4-16/h6-13,16H,2-5H2,1H3/t6-,7?,9?/m1/s1. The molecule has 0 aromatic rings. The number of ether oxygens (including phenoxy) is 2. The molecule has 0 fully saturated rings. The van der Waals surface area contributed by atoms with Crippen molar-refractivity contribution in [3.63, 3.8) is 0 Å². The van der Waals surface area contributed by atoms with Gasteiger partial charge in [0, 0.05) is 0 Å². The molecule has 0 aliphatic carbocycles. The lowest BCUT2D eigenvalue weighted by atomic mass is 10.2. The van der Waals surface area contributed by atoms with E-state index in [1.807, 2.05) is 0 Å². The summed E-state index contributed by atoms with van der Waals surface area (Å²) in [5.41, 5.74) is 0. The van der Waals surface area contributed by atoms with Crippen molar-refractivity contribution >= 4 is 12.6 Å². The van der Waals surface area contributed by atoms with Crippen LogP contribution in [-0.4, -0.2) is 64.2 Å². The maximum absolute atomic E-state index is 9.20. The molecule has 7 heteroatoms. The van der Waals surface area contributed by atoms with Gasteiger partial charge < -0.3 is 29.9 Å². The second-order valence-corrected chi connectivity index (χ2v) is 3.77. The Labute approximate surface area is 100 Å². The van der Waals surface area contributed by atoms with E-state index in [1.54, 1.807) is 0 Å². The Bertz CT molecular complexity index is 166. The topological polar surface area (TPSA) is 99.4 Å². The average molecular weight is 256 g/mol. The summed E-state index contributed by atoms with van der Waals surface area (Å²) in [4.78, 5) is 0. The minimum absolute atomic E-state index is 0.254. The normalized spacial score (nSPS) is 17.4. The molecule has 0 heterocycles. The van der Waals surface area contributed by atoms with Crippen LogP contribution in [0.3, 0.4) is 0 Å². The van der Waals surface area contributed by atoms with Crippen LogP contribution >= 0.6 is 12.6 Å². The van der Waals surface area contributed by atoms with Crippen molar-refractivity contribution in [3.8, 4) is 0 Å². The third-order valence-electron chi connectivity index (χ3n) is 1.85. The average Bonchev–Trinajstić information content (AvgIpc) is 2.22. The third kappa shape index (κ3) is 6.64. The summed E-state index contributed by atoms with van der Waals surface area (Å²) in [6.45, 7) is 1.25. The van der Waals surface area contributed by atoms with E-state index in [0.717, 1.165) is 0 Å². The van der Waals surface area contributed by atoms with E-state index in [-0.39, 0.29) is 6.61 Å². The van der Waals surface area contributed by atoms with Crippen molar-refractivity contribution in [2.75, 3.05) is 19.0 Å². The molecule has 98 valence electrons. The lowest BCUT2D eigenvalue weighted by Crippen LogP contribution is -2.41. The van der Waals surface area contributed by atoms with Gasteiger partial charge in [-0.3, -0.25) is 0 Å². The van der Waals surface area contributed by atoms with Crippen molar-refractivity contribution in [3.05, 3.63) is 0 Å². The molecule has 3 atom stereocenters. The van der Waals surface area contributed by atoms with Gasteiger partial charge in [0.25, 0.3) is 0 Å². The molecule has 0 aliphatic rings. The van der Waals surface area contributed by atoms with E-state index in [1.165, 1.54) is 6.92 Å². The van der Waals surface area contributed by atoms with Crippen LogP contribution in [0.4, 0.5) is 0 Å². The molecule has 0 amide bonds. The fourth-order valence-electron chi connectivity index (χ4n) is 0.941. The minimum atomic E-state index is -1.83. The fourth-order valence-corrected chi connectivity index (χ4v) is 1.07. The Hall–Kier alpha value is 0.110. The second-order valence-electron chi connectivity index (χ2n) is 3.33. The molecule has 0 saturated heterocycles. The molecule has 0 aromatic heterocycles. The zero-order valence-electron chi connectivity index (χ0n) is 9.19. The van der Waals surface area contributed by atoms with Crippen LogP contribution in [0.2, 0.25) is 0 Å². The molecule has 0 rings (SSSR count). The molecular formula is C9H20O6S. The number of aliphatic hydroxyl groups is 4. The molecule has 0 bridgehead atoms. The Morgan fingerprint density at radius 2 is 1.88 bits per heavy atom. The van der Waals surface area contributed by atoms with Gasteiger partial charge in [-0.25, -0.2) is 0 Å². The fraction of sp³-hybridized carbons (Fsp3) is 1.00. The highest BCUT2D eigenvalue weighted by Crippen LogP contribution is 2.08. The predicted octanol–water partition coefficient (Wildman–Crippen LogP) is -1.28. The Morgan fingerprint density at radius 3 is 2.25 bits per heavy atom. The monoisotopic (exact) mass is 256 g/mol. The van der Waals surface area contributed by atoms with E-state index < -0.39 is 31.4 Å². The number of hydrogen-bond donors (Lipinski definition) is 5. The molecule has 0 radical (unpaired) electrons. The highest BCUT2D eigenvalue weighted by Gasteiger charge is 2.25. The zero-order valence-corrected chi connectivity index (χ0v) is 10.1. The van der Waals surface area contributed by atoms with Gasteiger partial charge >= 0.3 is 0 Å². The Balaban J connectivity index is 4.09. The summed E-state index contributed by atoms with van der Waals surface area (Å²) in [7, 11) is 0.